The number of carbonyl (C=O) groups is 7. The van der Waals surface area contributed by atoms with Crippen LogP contribution in [-0.2, 0) is 44.8 Å². The first-order chi connectivity index (χ1) is 26.2. The number of rotatable bonds is 19. The predicted octanol–water partition coefficient (Wildman–Crippen LogP) is 0.0642. The number of aliphatic hydroxyl groups excluding tert-OH is 2. The van der Waals surface area contributed by atoms with E-state index in [4.69, 9.17) is 26.0 Å². The molecule has 0 bridgehead atoms. The third-order valence-corrected chi connectivity index (χ3v) is 9.39. The Morgan fingerprint density at radius 3 is 2.32 bits per heavy atom. The molecular formula is C36H56N6O14. The van der Waals surface area contributed by atoms with Gasteiger partial charge in [-0.1, -0.05) is 13.0 Å². The summed E-state index contributed by atoms with van der Waals surface area (Å²) in [7, 11) is 0. The highest BCUT2D eigenvalue weighted by molar-refractivity contribution is 6.06. The number of carboxylic acid groups (broad SMARTS) is 2. The summed E-state index contributed by atoms with van der Waals surface area (Å²) in [6, 6.07) is 3.21. The van der Waals surface area contributed by atoms with Crippen LogP contribution in [0.4, 0.5) is 10.5 Å². The van der Waals surface area contributed by atoms with E-state index in [2.05, 4.69) is 26.0 Å². The molecule has 56 heavy (non-hydrogen) atoms. The fraction of sp³-hybridized carbons (Fsp3) is 0.639. The van der Waals surface area contributed by atoms with E-state index in [1.165, 1.54) is 18.2 Å². The molecule has 5 amide bonds. The largest absolute Gasteiger partial charge is 0.506 e. The Bertz CT molecular complexity index is 1560. The normalized spacial score (nSPS) is 21.7. The van der Waals surface area contributed by atoms with Gasteiger partial charge in [0.15, 0.2) is 6.10 Å². The minimum atomic E-state index is -1.50. The van der Waals surface area contributed by atoms with E-state index >= 15 is 0 Å². The summed E-state index contributed by atoms with van der Waals surface area (Å²) in [6.07, 6.45) is -2.85. The van der Waals surface area contributed by atoms with Crippen molar-refractivity contribution in [2.24, 2.45) is 22.3 Å². The number of carboxylic acids is 1. The number of hydrogen-bond donors (Lipinski definition) is 10. The van der Waals surface area contributed by atoms with Gasteiger partial charge in [0.25, 0.3) is 0 Å². The highest BCUT2D eigenvalue weighted by Gasteiger charge is 2.47. The van der Waals surface area contributed by atoms with Crippen LogP contribution in [-0.4, -0.2) is 112 Å². The molecule has 12 N–H and O–H groups in total. The molecule has 1 aromatic carbocycles. The fourth-order valence-electron chi connectivity index (χ4n) is 5.66. The Balaban J connectivity index is 0.000000764. The van der Waals surface area contributed by atoms with Crippen LogP contribution >= 0.6 is 0 Å². The molecule has 0 aliphatic carbocycles. The number of aliphatic hydroxyl groups is 2. The molecule has 20 nitrogen and oxygen atoms in total. The average molecular weight is 797 g/mol. The lowest BCUT2D eigenvalue weighted by Crippen LogP contribution is -2.44. The topological polar surface area (TPSA) is 328 Å². The van der Waals surface area contributed by atoms with Crippen molar-refractivity contribution in [3.63, 3.8) is 0 Å². The first kappa shape index (κ1) is 47.3. The number of nitrogens with one attached hydrogen (secondary N) is 4. The van der Waals surface area contributed by atoms with Gasteiger partial charge in [-0.15, -0.1) is 0 Å². The lowest BCUT2D eigenvalue weighted by atomic mass is 9.77. The predicted molar refractivity (Wildman–Crippen MR) is 198 cm³/mol. The van der Waals surface area contributed by atoms with Crippen molar-refractivity contribution in [2.75, 3.05) is 25.0 Å². The van der Waals surface area contributed by atoms with Gasteiger partial charge in [0.1, 0.15) is 12.4 Å². The molecule has 3 unspecified atom stereocenters. The van der Waals surface area contributed by atoms with Crippen LogP contribution in [0.2, 0.25) is 0 Å². The summed E-state index contributed by atoms with van der Waals surface area (Å²) < 4.78 is 15.7. The molecule has 0 spiro atoms. The summed E-state index contributed by atoms with van der Waals surface area (Å²) in [6.45, 7) is 6.63. The molecule has 3 rings (SSSR count). The van der Waals surface area contributed by atoms with Gasteiger partial charge in [0.05, 0.1) is 35.3 Å². The molecule has 314 valence electrons. The van der Waals surface area contributed by atoms with E-state index < -0.39 is 59.3 Å². The first-order valence-electron chi connectivity index (χ1n) is 18.3. The second kappa shape index (κ2) is 22.0. The van der Waals surface area contributed by atoms with E-state index in [1.54, 1.807) is 20.8 Å². The van der Waals surface area contributed by atoms with E-state index in [-0.39, 0.29) is 80.6 Å². The first-order valence-corrected chi connectivity index (χ1v) is 18.3. The molecule has 2 saturated heterocycles. The molecule has 1 aromatic rings. The van der Waals surface area contributed by atoms with Gasteiger partial charge in [-0.25, -0.2) is 9.59 Å². The maximum atomic E-state index is 12.7. The zero-order chi connectivity index (χ0) is 42.2. The number of anilines is 1. The van der Waals surface area contributed by atoms with Gasteiger partial charge in [0.2, 0.25) is 35.8 Å². The van der Waals surface area contributed by atoms with Gasteiger partial charge < -0.3 is 62.1 Å². The van der Waals surface area contributed by atoms with Gasteiger partial charge in [-0.2, -0.15) is 0 Å². The molecule has 2 fully saturated rings. The smallest absolute Gasteiger partial charge is 0.479 e. The lowest BCUT2D eigenvalue weighted by Gasteiger charge is -2.31. The van der Waals surface area contributed by atoms with Crippen molar-refractivity contribution in [1.82, 2.24) is 16.0 Å². The minimum absolute atomic E-state index is 0.0239. The number of carbonyl (C=O) groups excluding carboxylic acids is 5. The van der Waals surface area contributed by atoms with E-state index in [0.717, 1.165) is 0 Å². The Kier molecular flexibility index (Phi) is 18.6. The van der Waals surface area contributed by atoms with Crippen LogP contribution in [0.5, 0.6) is 5.75 Å². The number of hydrogen-bond acceptors (Lipinski definition) is 14. The summed E-state index contributed by atoms with van der Waals surface area (Å²) in [5.74, 6) is -2.88. The van der Waals surface area contributed by atoms with Gasteiger partial charge in [-0.3, -0.25) is 29.3 Å². The Morgan fingerprint density at radius 2 is 1.77 bits per heavy atom. The highest BCUT2D eigenvalue weighted by atomic mass is 16.7. The number of unbranched alkanes of at least 4 members (excludes halogenated alkanes) is 1. The molecule has 0 radical (unpaired) electrons. The van der Waals surface area contributed by atoms with Crippen LogP contribution in [0.3, 0.4) is 0 Å². The van der Waals surface area contributed by atoms with Crippen molar-refractivity contribution in [3.8, 4) is 5.75 Å². The second-order valence-corrected chi connectivity index (χ2v) is 14.4. The van der Waals surface area contributed by atoms with Crippen LogP contribution in [0, 0.1) is 10.8 Å². The molecule has 2 heterocycles. The standard InChI is InChI=1S/C28H42N4O12.C8H14N2O2/c1-28(2,15-33)26(39)31-9-4-3-5-18(29)24(36)30-10-8-22(35)32-19-11-16(14-42-27(40)41)6-7-20(19)43-23-13-17(34)12-21(44-23)25(37)38;1-3-8(5(2)9)4-6(11)10-7(8)12/h6-7,11,17-18,21,23,33-34H,3-5,8-10,12-15,29H2,1-2H3,(H,30,36)(H,31,39)(H,32,35)(H,37,38)(H,40,41);5H,3-4,9H2,1-2H3,(H,10,11,12)/t17-,18?,21-,23+;/m0./s1. The molecule has 2 aliphatic rings. The minimum Gasteiger partial charge on any atom is -0.479 e. The summed E-state index contributed by atoms with van der Waals surface area (Å²) in [5.41, 5.74) is 10.6. The molecule has 0 aromatic heterocycles. The van der Waals surface area contributed by atoms with Crippen LogP contribution < -0.4 is 37.5 Å². The Morgan fingerprint density at radius 1 is 1.07 bits per heavy atom. The highest BCUT2D eigenvalue weighted by Crippen LogP contribution is 2.34. The van der Waals surface area contributed by atoms with Gasteiger partial charge in [-0.05, 0) is 64.2 Å². The fourth-order valence-corrected chi connectivity index (χ4v) is 5.66. The molecular weight excluding hydrogens is 740 g/mol. The third-order valence-electron chi connectivity index (χ3n) is 9.39. The molecule has 6 atom stereocenters. The van der Waals surface area contributed by atoms with Crippen molar-refractivity contribution in [1.29, 1.82) is 0 Å². The SMILES string of the molecule is CC(C)(CO)C(=O)NCCCCC(N)C(=O)NCCC(=O)Nc1cc(COC(=O)O)ccc1O[C@H]1C[C@@H](O)C[C@@H](C(=O)O)O1.CCC1(C(C)N)CC(=O)NC1=O. The summed E-state index contributed by atoms with van der Waals surface area (Å²) in [4.78, 5) is 81.4. The number of imide groups is 1. The Labute approximate surface area is 324 Å². The van der Waals surface area contributed by atoms with E-state index in [0.29, 0.717) is 37.8 Å². The summed E-state index contributed by atoms with van der Waals surface area (Å²) >= 11 is 0. The number of aliphatic carboxylic acids is 1. The average Bonchev–Trinajstić information content (AvgIpc) is 3.44. The van der Waals surface area contributed by atoms with Crippen molar-refractivity contribution in [3.05, 3.63) is 23.8 Å². The van der Waals surface area contributed by atoms with Gasteiger partial charge in [0, 0.05) is 44.8 Å². The number of amides is 5. The van der Waals surface area contributed by atoms with Crippen LogP contribution in [0.25, 0.3) is 0 Å². The third kappa shape index (κ3) is 14.6. The van der Waals surface area contributed by atoms with Crippen molar-refractivity contribution in [2.45, 2.75) is 116 Å². The van der Waals surface area contributed by atoms with E-state index in [1.807, 2.05) is 6.92 Å². The molecule has 20 heteroatoms. The van der Waals surface area contributed by atoms with Crippen molar-refractivity contribution >= 4 is 47.3 Å². The Hall–Kier alpha value is -4.89. The zero-order valence-corrected chi connectivity index (χ0v) is 32.1. The van der Waals surface area contributed by atoms with Gasteiger partial charge >= 0.3 is 12.1 Å². The lowest BCUT2D eigenvalue weighted by molar-refractivity contribution is -0.195. The van der Waals surface area contributed by atoms with Crippen LogP contribution in [0.1, 0.15) is 84.6 Å². The van der Waals surface area contributed by atoms with E-state index in [9.17, 15) is 48.9 Å². The number of nitrogens with two attached hydrogens (primary N) is 2. The van der Waals surface area contributed by atoms with Crippen molar-refractivity contribution < 1.29 is 68.2 Å². The maximum absolute atomic E-state index is 12.7. The number of benzene rings is 1. The zero-order valence-electron chi connectivity index (χ0n) is 32.1. The maximum Gasteiger partial charge on any atom is 0.506 e. The molecule has 0 saturated carbocycles. The molecule has 2 aliphatic heterocycles. The van der Waals surface area contributed by atoms with Crippen LogP contribution in [0.15, 0.2) is 18.2 Å². The quantitative estimate of drug-likeness (QED) is 0.0503. The second-order valence-electron chi connectivity index (χ2n) is 14.4. The number of ether oxygens (including phenoxy) is 3. The summed E-state index contributed by atoms with van der Waals surface area (Å²) in [5, 5.41) is 47.5. The monoisotopic (exact) mass is 796 g/mol.